The molecule has 0 aliphatic carbocycles. The Kier molecular flexibility index (Phi) is 3.97. The summed E-state index contributed by atoms with van der Waals surface area (Å²) in [6.07, 6.45) is 0.648. The predicted molar refractivity (Wildman–Crippen MR) is 45.3 cm³/mol. The predicted octanol–water partition coefficient (Wildman–Crippen LogP) is 1.72. The Labute approximate surface area is 67.1 Å². The lowest BCUT2D eigenvalue weighted by molar-refractivity contribution is 0.149. The number of allylic oxidation sites excluding steroid dienone is 1. The quantitative estimate of drug-likeness (QED) is 0.488. The molecule has 0 fully saturated rings. The lowest BCUT2D eigenvalue weighted by atomic mass is 9.85. The smallest absolute Gasteiger partial charge is 0.0889 e. The maximum Gasteiger partial charge on any atom is 0.0889 e. The van der Waals surface area contributed by atoms with E-state index in [9.17, 15) is 4.91 Å². The van der Waals surface area contributed by atoms with Crippen LogP contribution in [0.3, 0.4) is 0 Å². The highest BCUT2D eigenvalue weighted by Crippen LogP contribution is 2.24. The van der Waals surface area contributed by atoms with E-state index >= 15 is 0 Å². The lowest BCUT2D eigenvalue weighted by Gasteiger charge is -2.23. The van der Waals surface area contributed by atoms with E-state index in [4.69, 9.17) is 5.11 Å². The Morgan fingerprint density at radius 3 is 2.55 bits per heavy atom. The summed E-state index contributed by atoms with van der Waals surface area (Å²) in [7, 11) is 0. The van der Waals surface area contributed by atoms with Crippen LogP contribution in [0.15, 0.2) is 17.3 Å². The van der Waals surface area contributed by atoms with E-state index in [1.54, 1.807) is 0 Å². The fraction of sp³-hybridized carbons (Fsp3) is 0.750. The standard InChI is InChI=1S/C8H15NO2/c1-7(2)4-8(3,6-10)5-9-11/h10H,1,4-6H2,2-3H3/t8-/m0/s1. The summed E-state index contributed by atoms with van der Waals surface area (Å²) in [5.74, 6) is 0. The molecular formula is C8H15NO2. The van der Waals surface area contributed by atoms with Crippen LogP contribution in [-0.2, 0) is 0 Å². The number of rotatable bonds is 5. The van der Waals surface area contributed by atoms with Gasteiger partial charge in [0.05, 0.1) is 13.2 Å². The van der Waals surface area contributed by atoms with Crippen molar-refractivity contribution in [1.29, 1.82) is 0 Å². The first-order chi connectivity index (χ1) is 5.04. The summed E-state index contributed by atoms with van der Waals surface area (Å²) < 4.78 is 0. The lowest BCUT2D eigenvalue weighted by Crippen LogP contribution is -2.25. The molecule has 0 unspecified atom stereocenters. The van der Waals surface area contributed by atoms with Gasteiger partial charge in [0.15, 0.2) is 0 Å². The van der Waals surface area contributed by atoms with Gasteiger partial charge >= 0.3 is 0 Å². The van der Waals surface area contributed by atoms with E-state index in [0.29, 0.717) is 6.42 Å². The minimum atomic E-state index is -0.409. The number of aliphatic hydroxyl groups excluding tert-OH is 1. The molecular weight excluding hydrogens is 142 g/mol. The van der Waals surface area contributed by atoms with Gasteiger partial charge in [0.2, 0.25) is 0 Å². The van der Waals surface area contributed by atoms with E-state index in [1.165, 1.54) is 0 Å². The Bertz CT molecular complexity index is 156. The third-order valence-electron chi connectivity index (χ3n) is 1.56. The monoisotopic (exact) mass is 157 g/mol. The van der Waals surface area contributed by atoms with Gasteiger partial charge in [-0.15, -0.1) is 6.58 Å². The fourth-order valence-electron chi connectivity index (χ4n) is 1.05. The second-order valence-electron chi connectivity index (χ2n) is 3.39. The average Bonchev–Trinajstić information content (AvgIpc) is 1.87. The van der Waals surface area contributed by atoms with Gasteiger partial charge in [0, 0.05) is 5.41 Å². The number of hydrogen-bond acceptors (Lipinski definition) is 3. The first-order valence-electron chi connectivity index (χ1n) is 3.58. The molecule has 0 aliphatic heterocycles. The van der Waals surface area contributed by atoms with Crippen LogP contribution in [0.1, 0.15) is 20.3 Å². The van der Waals surface area contributed by atoms with Crippen LogP contribution in [0, 0.1) is 10.3 Å². The molecule has 0 bridgehead atoms. The Morgan fingerprint density at radius 1 is 1.73 bits per heavy atom. The van der Waals surface area contributed by atoms with Crippen LogP contribution in [-0.4, -0.2) is 18.3 Å². The molecule has 1 N–H and O–H groups in total. The Morgan fingerprint density at radius 2 is 2.27 bits per heavy atom. The van der Waals surface area contributed by atoms with Crippen molar-refractivity contribution in [2.24, 2.45) is 10.6 Å². The van der Waals surface area contributed by atoms with Crippen molar-refractivity contribution >= 4 is 0 Å². The van der Waals surface area contributed by atoms with E-state index < -0.39 is 5.41 Å². The maximum absolute atomic E-state index is 9.97. The molecule has 0 aromatic heterocycles. The van der Waals surface area contributed by atoms with Crippen LogP contribution < -0.4 is 0 Å². The third kappa shape index (κ3) is 3.88. The molecule has 0 amide bonds. The molecule has 0 aromatic carbocycles. The Balaban J connectivity index is 4.08. The molecule has 0 aromatic rings. The van der Waals surface area contributed by atoms with Gasteiger partial charge in [-0.1, -0.05) is 17.7 Å². The summed E-state index contributed by atoms with van der Waals surface area (Å²) in [6, 6.07) is 0. The van der Waals surface area contributed by atoms with Crippen molar-refractivity contribution in [3.05, 3.63) is 17.1 Å². The van der Waals surface area contributed by atoms with Crippen LogP contribution in [0.5, 0.6) is 0 Å². The Hall–Kier alpha value is -0.700. The van der Waals surface area contributed by atoms with Gasteiger partial charge in [0.1, 0.15) is 0 Å². The topological polar surface area (TPSA) is 49.7 Å². The summed E-state index contributed by atoms with van der Waals surface area (Å²) in [5.41, 5.74) is 0.554. The van der Waals surface area contributed by atoms with Gasteiger partial charge in [-0.2, -0.15) is 4.91 Å². The SMILES string of the molecule is C=C(C)C[C@](C)(CO)CN=O. The van der Waals surface area contributed by atoms with E-state index in [1.807, 2.05) is 13.8 Å². The van der Waals surface area contributed by atoms with Gasteiger partial charge in [-0.3, -0.25) is 0 Å². The normalized spacial score (nSPS) is 15.5. The maximum atomic E-state index is 9.97. The van der Waals surface area contributed by atoms with E-state index in [0.717, 1.165) is 5.57 Å². The van der Waals surface area contributed by atoms with Crippen LogP contribution in [0.2, 0.25) is 0 Å². The summed E-state index contributed by atoms with van der Waals surface area (Å²) in [6.45, 7) is 7.54. The molecule has 3 heteroatoms. The van der Waals surface area contributed by atoms with Gasteiger partial charge in [0.25, 0.3) is 0 Å². The summed E-state index contributed by atoms with van der Waals surface area (Å²) in [4.78, 5) is 9.97. The first kappa shape index (κ1) is 10.3. The molecule has 0 heterocycles. The largest absolute Gasteiger partial charge is 0.396 e. The number of nitroso groups, excluding NO2 is 1. The minimum absolute atomic E-state index is 0.0222. The van der Waals surface area contributed by atoms with E-state index in [-0.39, 0.29) is 13.2 Å². The first-order valence-corrected chi connectivity index (χ1v) is 3.58. The van der Waals surface area contributed by atoms with E-state index in [2.05, 4.69) is 11.8 Å². The summed E-state index contributed by atoms with van der Waals surface area (Å²) >= 11 is 0. The van der Waals surface area contributed by atoms with Gasteiger partial charge < -0.3 is 5.11 Å². The van der Waals surface area contributed by atoms with Crippen molar-refractivity contribution < 1.29 is 5.11 Å². The molecule has 0 saturated heterocycles. The van der Waals surface area contributed by atoms with Crippen LogP contribution in [0.4, 0.5) is 0 Å². The zero-order valence-electron chi connectivity index (χ0n) is 7.13. The molecule has 1 atom stereocenters. The number of hydrogen-bond donors (Lipinski definition) is 1. The fourth-order valence-corrected chi connectivity index (χ4v) is 1.05. The molecule has 11 heavy (non-hydrogen) atoms. The highest BCUT2D eigenvalue weighted by atomic mass is 16.3. The number of nitrogens with zero attached hydrogens (tertiary/aromatic N) is 1. The highest BCUT2D eigenvalue weighted by molar-refractivity contribution is 4.95. The minimum Gasteiger partial charge on any atom is -0.396 e. The molecule has 0 rings (SSSR count). The number of aliphatic hydroxyl groups is 1. The van der Waals surface area contributed by atoms with Crippen molar-refractivity contribution in [1.82, 2.24) is 0 Å². The zero-order chi connectivity index (χ0) is 8.91. The summed E-state index contributed by atoms with van der Waals surface area (Å²) in [5, 5.41) is 11.7. The van der Waals surface area contributed by atoms with Crippen molar-refractivity contribution in [2.75, 3.05) is 13.2 Å². The van der Waals surface area contributed by atoms with Gasteiger partial charge in [-0.05, 0) is 13.3 Å². The van der Waals surface area contributed by atoms with Crippen molar-refractivity contribution in [2.45, 2.75) is 20.3 Å². The molecule has 64 valence electrons. The van der Waals surface area contributed by atoms with Gasteiger partial charge in [-0.25, -0.2) is 0 Å². The molecule has 0 aliphatic rings. The van der Waals surface area contributed by atoms with Crippen LogP contribution in [0.25, 0.3) is 0 Å². The third-order valence-corrected chi connectivity index (χ3v) is 1.56. The zero-order valence-corrected chi connectivity index (χ0v) is 7.13. The second-order valence-corrected chi connectivity index (χ2v) is 3.39. The second kappa shape index (κ2) is 4.23. The van der Waals surface area contributed by atoms with Crippen LogP contribution >= 0.6 is 0 Å². The highest BCUT2D eigenvalue weighted by Gasteiger charge is 2.23. The van der Waals surface area contributed by atoms with Crippen molar-refractivity contribution in [3.8, 4) is 0 Å². The molecule has 0 spiro atoms. The molecule has 0 radical (unpaired) electrons. The molecule has 3 nitrogen and oxygen atoms in total. The van der Waals surface area contributed by atoms with Crippen molar-refractivity contribution in [3.63, 3.8) is 0 Å². The molecule has 0 saturated carbocycles. The average molecular weight is 157 g/mol.